The molecule has 0 saturated carbocycles. The largest absolute Gasteiger partial charge is 1.00 e. The number of hydrogen-bond donors (Lipinski definition) is 3. The van der Waals surface area contributed by atoms with Crippen LogP contribution in [0.1, 0.15) is 46.3 Å². The number of carbonyl (C=O) groups is 4. The Morgan fingerprint density at radius 3 is 1.91 bits per heavy atom. The maximum absolute atomic E-state index is 12.5. The van der Waals surface area contributed by atoms with E-state index < -0.39 is 52.8 Å². The first-order valence-corrected chi connectivity index (χ1v) is 13.5. The van der Waals surface area contributed by atoms with Crippen LogP contribution >= 0.6 is 0 Å². The molecule has 2 rings (SSSR count). The maximum atomic E-state index is 12.5. The van der Waals surface area contributed by atoms with Gasteiger partial charge in [0.15, 0.2) is 0 Å². The van der Waals surface area contributed by atoms with E-state index in [1.54, 1.807) is 27.1 Å². The van der Waals surface area contributed by atoms with Crippen molar-refractivity contribution in [3.8, 4) is 5.75 Å². The van der Waals surface area contributed by atoms with E-state index >= 15 is 0 Å². The number of ether oxygens (including phenoxy) is 4. The maximum Gasteiger partial charge on any atom is 1.00 e. The van der Waals surface area contributed by atoms with Gasteiger partial charge in [-0.15, -0.1) is 0 Å². The van der Waals surface area contributed by atoms with Crippen LogP contribution in [0.25, 0.3) is 0 Å². The first kappa shape index (κ1) is 41.5. The van der Waals surface area contributed by atoms with Gasteiger partial charge in [0.25, 0.3) is 5.69 Å². The number of nitro groups is 1. The number of rotatable bonds is 12. The first-order chi connectivity index (χ1) is 21.1. The number of anilines is 1. The van der Waals surface area contributed by atoms with Gasteiger partial charge in [-0.25, -0.2) is 15.9 Å². The van der Waals surface area contributed by atoms with Crippen molar-refractivity contribution in [1.29, 1.82) is 0 Å². The van der Waals surface area contributed by atoms with E-state index in [4.69, 9.17) is 14.2 Å². The minimum Gasteiger partial charge on any atom is -0.538 e. The number of nitrogens with zero attached hydrogens (tertiary/aromatic N) is 1. The summed E-state index contributed by atoms with van der Waals surface area (Å²) < 4.78 is 19.6. The minimum atomic E-state index is -1.45. The van der Waals surface area contributed by atoms with Gasteiger partial charge < -0.3 is 53.5 Å². The van der Waals surface area contributed by atoms with E-state index in [0.717, 1.165) is 12.1 Å². The van der Waals surface area contributed by atoms with Crippen LogP contribution in [0, 0.1) is 24.0 Å². The molecule has 16 heteroatoms. The van der Waals surface area contributed by atoms with Crippen LogP contribution in [0.2, 0.25) is 0 Å². The molecule has 3 N–H and O–H groups in total. The minimum absolute atomic E-state index is 0. The Bertz CT molecular complexity index is 1300. The molecule has 3 amide bonds. The number of nitrogens with one attached hydrogen (secondary N) is 3. The average Bonchev–Trinajstić information content (AvgIpc) is 2.96. The van der Waals surface area contributed by atoms with Crippen LogP contribution in [0.15, 0.2) is 48.5 Å². The molecule has 0 aliphatic carbocycles. The summed E-state index contributed by atoms with van der Waals surface area (Å²) in [5.41, 5.74) is -0.407. The second-order valence-electron chi connectivity index (χ2n) is 10.0. The van der Waals surface area contributed by atoms with Gasteiger partial charge in [-0.2, -0.15) is 0 Å². The molecule has 2 aromatic rings. The monoisotopic (exact) mass is 636 g/mol. The second-order valence-corrected chi connectivity index (χ2v) is 10.0. The molecule has 0 fully saturated rings. The van der Waals surface area contributed by atoms with Crippen LogP contribution < -0.4 is 39.5 Å². The summed E-state index contributed by atoms with van der Waals surface area (Å²) in [6.45, 7) is 15.8. The van der Waals surface area contributed by atoms with Gasteiger partial charge in [-0.1, -0.05) is 25.3 Å². The summed E-state index contributed by atoms with van der Waals surface area (Å²) in [5.74, 6) is -1.20. The summed E-state index contributed by atoms with van der Waals surface area (Å²) in [7, 11) is 0. The Hall–Kier alpha value is -4.45. The molecule has 0 heterocycles. The van der Waals surface area contributed by atoms with Gasteiger partial charge in [0.05, 0.1) is 4.92 Å². The predicted molar refractivity (Wildman–Crippen MR) is 162 cm³/mol. The van der Waals surface area contributed by atoms with Crippen LogP contribution in [0.3, 0.4) is 0 Å². The fourth-order valence-electron chi connectivity index (χ4n) is 3.06. The van der Waals surface area contributed by atoms with E-state index in [1.165, 1.54) is 50.2 Å². The second kappa shape index (κ2) is 20.6. The molecule has 0 aliphatic heterocycles. The van der Waals surface area contributed by atoms with Crippen molar-refractivity contribution >= 4 is 41.7 Å². The van der Waals surface area contributed by atoms with Crippen molar-refractivity contribution in [3.05, 3.63) is 78.1 Å². The quantitative estimate of drug-likeness (QED) is 0.0749. The van der Waals surface area contributed by atoms with Gasteiger partial charge in [-0.05, 0) is 64.4 Å². The molecular formula is C30H37LiN4O11-2. The fraction of sp³-hybridized carbons (Fsp3) is 0.367. The third-order valence-corrected chi connectivity index (χ3v) is 5.22. The Kier molecular flexibility index (Phi) is 18.6. The standard InChI is InChI=1S/C26H29N4O10.C4H8O.Li/c1-15(27-22(32)16(2)28-24(34)40-26(3,4)5)23(33)29-18-8-6-17(7-9-18)21(14-31)39-25(35)38-20-12-10-19(11-13-20)30(36)37;1-3-5-4-2;/h6-13,15-16,21H,1-5H3,(H,27,32)(H,28,34)(H,29,33);1-4H2;/q-1;-2;+1/t15-,16-,21?;;/m0../s1. The molecule has 246 valence electrons. The number of non-ortho nitro benzene ring substituents is 1. The van der Waals surface area contributed by atoms with Crippen LogP contribution in [0.4, 0.5) is 21.0 Å². The molecule has 3 atom stereocenters. The Morgan fingerprint density at radius 1 is 0.913 bits per heavy atom. The summed E-state index contributed by atoms with van der Waals surface area (Å²) in [4.78, 5) is 70.2. The van der Waals surface area contributed by atoms with E-state index in [9.17, 15) is 34.1 Å². The molecule has 1 unspecified atom stereocenters. The smallest absolute Gasteiger partial charge is 0.538 e. The molecule has 0 spiro atoms. The number of alkyl carbamates (subject to hydrolysis) is 1. The fourth-order valence-corrected chi connectivity index (χ4v) is 3.06. The molecule has 2 aromatic carbocycles. The molecule has 0 radical (unpaired) electrons. The molecule has 0 saturated heterocycles. The van der Waals surface area contributed by atoms with E-state index in [-0.39, 0.29) is 35.9 Å². The summed E-state index contributed by atoms with van der Waals surface area (Å²) >= 11 is 0. The predicted octanol–water partition coefficient (Wildman–Crippen LogP) is 0.993. The summed E-state index contributed by atoms with van der Waals surface area (Å²) in [6.07, 6.45) is -1.90. The van der Waals surface area contributed by atoms with Crippen molar-refractivity contribution in [2.45, 2.75) is 58.4 Å². The zero-order valence-electron chi connectivity index (χ0n) is 26.6. The molecule has 15 nitrogen and oxygen atoms in total. The summed E-state index contributed by atoms with van der Waals surface area (Å²) in [5, 5.41) is 18.1. The third kappa shape index (κ3) is 16.0. The van der Waals surface area contributed by atoms with Crippen molar-refractivity contribution in [2.24, 2.45) is 0 Å². The number of carbonyl (C=O) groups excluding carboxylic acids is 5. The molecule has 46 heavy (non-hydrogen) atoms. The average molecular weight is 637 g/mol. The van der Waals surface area contributed by atoms with E-state index in [0.29, 0.717) is 18.9 Å². The number of benzene rings is 2. The van der Waals surface area contributed by atoms with Gasteiger partial charge in [0, 0.05) is 23.9 Å². The summed E-state index contributed by atoms with van der Waals surface area (Å²) in [6, 6.07) is 8.39. The zero-order chi connectivity index (χ0) is 34.2. The molecule has 0 aliphatic rings. The van der Waals surface area contributed by atoms with E-state index in [1.807, 2.05) is 0 Å². The van der Waals surface area contributed by atoms with Crippen molar-refractivity contribution < 1.29 is 66.7 Å². The topological polar surface area (TPSA) is 201 Å². The van der Waals surface area contributed by atoms with Gasteiger partial charge in [-0.3, -0.25) is 19.7 Å². The van der Waals surface area contributed by atoms with Crippen LogP contribution in [-0.4, -0.2) is 66.2 Å². The normalized spacial score (nSPS) is 12.2. The van der Waals surface area contributed by atoms with Gasteiger partial charge in [0.1, 0.15) is 23.4 Å². The molecular weight excluding hydrogens is 599 g/mol. The van der Waals surface area contributed by atoms with Crippen molar-refractivity contribution in [2.75, 3.05) is 18.5 Å². The van der Waals surface area contributed by atoms with Crippen molar-refractivity contribution in [1.82, 2.24) is 10.6 Å². The van der Waals surface area contributed by atoms with Crippen LogP contribution in [-0.2, 0) is 28.6 Å². The SMILES string of the molecule is C[C@H](NC(=O)OC(C)(C)C)C(=O)N[C@@H](C)C(=O)Nc1ccc(C([C-]=O)OC(=O)Oc2ccc([N+](=O)[O-])cc2)cc1.[CH2-]COC[CH2-].[Li+]. The van der Waals surface area contributed by atoms with Gasteiger partial charge >= 0.3 is 31.1 Å². The number of amides is 3. The zero-order valence-corrected chi connectivity index (χ0v) is 26.6. The number of hydrogen-bond acceptors (Lipinski definition) is 11. The van der Waals surface area contributed by atoms with Gasteiger partial charge in [0.2, 0.25) is 11.8 Å². The first-order valence-electron chi connectivity index (χ1n) is 13.5. The van der Waals surface area contributed by atoms with Crippen molar-refractivity contribution in [3.63, 3.8) is 0 Å². The van der Waals surface area contributed by atoms with E-state index in [2.05, 4.69) is 34.5 Å². The molecule has 0 bridgehead atoms. The van der Waals surface area contributed by atoms with Crippen LogP contribution in [0.5, 0.6) is 5.75 Å². The number of nitro benzene ring substituents is 1. The third-order valence-electron chi connectivity index (χ3n) is 5.22. The Labute approximate surface area is 279 Å². The Balaban J connectivity index is 0.00000312. The Morgan fingerprint density at radius 2 is 1.46 bits per heavy atom. The molecule has 0 aromatic heterocycles.